The Morgan fingerprint density at radius 3 is 1.67 bits per heavy atom. The summed E-state index contributed by atoms with van der Waals surface area (Å²) in [5, 5.41) is 0. The van der Waals surface area contributed by atoms with Crippen molar-refractivity contribution in [2.24, 2.45) is 5.73 Å². The van der Waals surface area contributed by atoms with Crippen molar-refractivity contribution < 1.29 is 4.79 Å². The molecule has 0 aromatic heterocycles. The molecular formula is C8H19ClN2O. The van der Waals surface area contributed by atoms with Crippen molar-refractivity contribution in [2.45, 2.75) is 13.3 Å². The third kappa shape index (κ3) is 22.7. The zero-order chi connectivity index (χ0) is 9.44. The van der Waals surface area contributed by atoms with E-state index in [0.717, 1.165) is 0 Å². The predicted molar refractivity (Wildman–Crippen MR) is 55.5 cm³/mol. The van der Waals surface area contributed by atoms with Gasteiger partial charge < -0.3 is 10.6 Å². The second-order valence-corrected chi connectivity index (χ2v) is 2.66. The lowest BCUT2D eigenvalue weighted by molar-refractivity contribution is -0.114. The van der Waals surface area contributed by atoms with Gasteiger partial charge in [0.15, 0.2) is 0 Å². The molecule has 0 saturated carbocycles. The van der Waals surface area contributed by atoms with E-state index >= 15 is 0 Å². The zero-order valence-corrected chi connectivity index (χ0v) is 9.07. The molecule has 0 aromatic rings. The van der Waals surface area contributed by atoms with Crippen molar-refractivity contribution in [3.05, 3.63) is 12.2 Å². The van der Waals surface area contributed by atoms with E-state index in [0.29, 0.717) is 12.0 Å². The van der Waals surface area contributed by atoms with Crippen LogP contribution in [0.1, 0.15) is 13.3 Å². The van der Waals surface area contributed by atoms with Gasteiger partial charge in [-0.2, -0.15) is 0 Å². The van der Waals surface area contributed by atoms with Crippen LogP contribution in [-0.4, -0.2) is 32.0 Å². The van der Waals surface area contributed by atoms with Crippen LogP contribution >= 0.6 is 12.4 Å². The molecule has 0 aliphatic heterocycles. The summed E-state index contributed by atoms with van der Waals surface area (Å²) in [5.41, 5.74) is 5.29. The van der Waals surface area contributed by atoms with Crippen LogP contribution in [0, 0.1) is 0 Å². The first-order valence-corrected chi connectivity index (χ1v) is 3.50. The number of hydrogen-bond donors (Lipinski definition) is 1. The molecule has 0 rings (SSSR count). The summed E-state index contributed by atoms with van der Waals surface area (Å²) in [7, 11) is 6.00. The molecule has 0 aliphatic carbocycles. The van der Waals surface area contributed by atoms with Gasteiger partial charge in [-0.15, -0.1) is 12.4 Å². The normalized spacial score (nSPS) is 7.75. The number of halogens is 1. The molecule has 0 bridgehead atoms. The highest BCUT2D eigenvalue weighted by Crippen LogP contribution is 1.91. The fourth-order valence-electron chi connectivity index (χ4n) is 0.174. The molecule has 74 valence electrons. The molecule has 1 amide bonds. The lowest BCUT2D eigenvalue weighted by Crippen LogP contribution is -2.11. The molecule has 0 radical (unpaired) electrons. The van der Waals surface area contributed by atoms with Crippen molar-refractivity contribution in [1.82, 2.24) is 4.90 Å². The van der Waals surface area contributed by atoms with Gasteiger partial charge in [0, 0.05) is 5.57 Å². The minimum atomic E-state index is -0.400. The topological polar surface area (TPSA) is 46.3 Å². The van der Waals surface area contributed by atoms with Gasteiger partial charge in [-0.3, -0.25) is 4.79 Å². The van der Waals surface area contributed by atoms with Gasteiger partial charge in [-0.25, -0.2) is 0 Å². The van der Waals surface area contributed by atoms with Gasteiger partial charge in [-0.05, 0) is 27.6 Å². The highest BCUT2D eigenvalue weighted by atomic mass is 35.5. The minimum absolute atomic E-state index is 0. The minimum Gasteiger partial charge on any atom is -0.366 e. The summed E-state index contributed by atoms with van der Waals surface area (Å²) in [6.07, 6.45) is 0.648. The highest BCUT2D eigenvalue weighted by Gasteiger charge is 1.93. The van der Waals surface area contributed by atoms with Gasteiger partial charge in [0.2, 0.25) is 5.91 Å². The van der Waals surface area contributed by atoms with E-state index in [1.54, 1.807) is 0 Å². The molecule has 12 heavy (non-hydrogen) atoms. The molecule has 3 nitrogen and oxygen atoms in total. The van der Waals surface area contributed by atoms with Gasteiger partial charge in [0.1, 0.15) is 0 Å². The van der Waals surface area contributed by atoms with E-state index in [1.807, 2.05) is 33.0 Å². The van der Waals surface area contributed by atoms with Crippen LogP contribution in [0.2, 0.25) is 0 Å². The Balaban J connectivity index is -0.000000142. The third-order valence-corrected chi connectivity index (χ3v) is 0.775. The Kier molecular flexibility index (Phi) is 15.3. The maximum Gasteiger partial charge on any atom is 0.244 e. The second kappa shape index (κ2) is 10.5. The molecule has 0 aromatic carbocycles. The smallest absolute Gasteiger partial charge is 0.244 e. The largest absolute Gasteiger partial charge is 0.366 e. The van der Waals surface area contributed by atoms with Crippen LogP contribution in [0.4, 0.5) is 0 Å². The van der Waals surface area contributed by atoms with E-state index in [-0.39, 0.29) is 12.4 Å². The lowest BCUT2D eigenvalue weighted by atomic mass is 10.2. The first-order valence-electron chi connectivity index (χ1n) is 3.50. The van der Waals surface area contributed by atoms with E-state index in [2.05, 4.69) is 6.58 Å². The fourth-order valence-corrected chi connectivity index (χ4v) is 0.174. The van der Waals surface area contributed by atoms with Crippen LogP contribution in [-0.2, 0) is 4.79 Å². The maximum atomic E-state index is 10.1. The summed E-state index contributed by atoms with van der Waals surface area (Å²) in [6, 6.07) is 0. The number of amides is 1. The summed E-state index contributed by atoms with van der Waals surface area (Å²) in [4.78, 5) is 12.1. The van der Waals surface area contributed by atoms with Gasteiger partial charge in [-0.1, -0.05) is 13.5 Å². The SMILES string of the molecule is C=C(CC)C(N)=O.CN(C)C.Cl. The van der Waals surface area contributed by atoms with Crippen molar-refractivity contribution in [2.75, 3.05) is 21.1 Å². The highest BCUT2D eigenvalue weighted by molar-refractivity contribution is 5.91. The third-order valence-electron chi connectivity index (χ3n) is 0.775. The average Bonchev–Trinajstić information content (AvgIpc) is 1.85. The van der Waals surface area contributed by atoms with Gasteiger partial charge in [0.25, 0.3) is 0 Å². The van der Waals surface area contributed by atoms with Gasteiger partial charge in [0.05, 0.1) is 0 Å². The molecule has 0 fully saturated rings. The number of carbonyl (C=O) groups excluding carboxylic acids is 1. The van der Waals surface area contributed by atoms with E-state index < -0.39 is 5.91 Å². The molecule has 0 heterocycles. The standard InChI is InChI=1S/C5H9NO.C3H9N.ClH/c1-3-4(2)5(6)7;1-4(2)3;/h2-3H2,1H3,(H2,6,7);1-3H3;1H. The molecule has 2 N–H and O–H groups in total. The Hall–Kier alpha value is -0.540. The van der Waals surface area contributed by atoms with E-state index in [4.69, 9.17) is 5.73 Å². The number of carbonyl (C=O) groups is 1. The van der Waals surface area contributed by atoms with Crippen LogP contribution in [0.15, 0.2) is 12.2 Å². The quantitative estimate of drug-likeness (QED) is 0.668. The molecule has 0 aliphatic rings. The van der Waals surface area contributed by atoms with Crippen molar-refractivity contribution in [1.29, 1.82) is 0 Å². The monoisotopic (exact) mass is 194 g/mol. The molecule has 0 atom stereocenters. The Labute approximate surface area is 81.0 Å². The summed E-state index contributed by atoms with van der Waals surface area (Å²) in [6.45, 7) is 5.24. The number of rotatable bonds is 2. The molecule has 4 heteroatoms. The number of primary amides is 1. The van der Waals surface area contributed by atoms with E-state index in [9.17, 15) is 4.79 Å². The second-order valence-electron chi connectivity index (χ2n) is 2.66. The first kappa shape index (κ1) is 17.5. The lowest BCUT2D eigenvalue weighted by Gasteiger charge is -1.90. The van der Waals surface area contributed by atoms with Crippen LogP contribution in [0.5, 0.6) is 0 Å². The van der Waals surface area contributed by atoms with Gasteiger partial charge >= 0.3 is 0 Å². The molecule has 0 unspecified atom stereocenters. The van der Waals surface area contributed by atoms with Crippen molar-refractivity contribution in [3.63, 3.8) is 0 Å². The number of hydrogen-bond acceptors (Lipinski definition) is 2. The number of nitrogens with zero attached hydrogens (tertiary/aromatic N) is 1. The summed E-state index contributed by atoms with van der Waals surface area (Å²) < 4.78 is 0. The fraction of sp³-hybridized carbons (Fsp3) is 0.625. The van der Waals surface area contributed by atoms with Crippen molar-refractivity contribution >= 4 is 18.3 Å². The predicted octanol–water partition coefficient (Wildman–Crippen LogP) is 1.04. The average molecular weight is 195 g/mol. The Morgan fingerprint density at radius 2 is 1.67 bits per heavy atom. The van der Waals surface area contributed by atoms with Crippen LogP contribution in [0.25, 0.3) is 0 Å². The molecular weight excluding hydrogens is 176 g/mol. The first-order chi connectivity index (χ1) is 4.91. The summed E-state index contributed by atoms with van der Waals surface area (Å²) in [5.74, 6) is -0.400. The number of nitrogens with two attached hydrogens (primary N) is 1. The van der Waals surface area contributed by atoms with Crippen LogP contribution < -0.4 is 5.73 Å². The van der Waals surface area contributed by atoms with Crippen molar-refractivity contribution in [3.8, 4) is 0 Å². The molecule has 0 saturated heterocycles. The summed E-state index contributed by atoms with van der Waals surface area (Å²) >= 11 is 0. The van der Waals surface area contributed by atoms with E-state index in [1.165, 1.54) is 0 Å². The Bertz CT molecular complexity index is 132. The zero-order valence-electron chi connectivity index (χ0n) is 8.26. The Morgan fingerprint density at radius 1 is 1.42 bits per heavy atom. The maximum absolute atomic E-state index is 10.1. The van der Waals surface area contributed by atoms with Crippen LogP contribution in [0.3, 0.4) is 0 Å². The molecule has 0 spiro atoms.